The molecule has 0 bridgehead atoms. The van der Waals surface area contributed by atoms with Crippen LogP contribution in [-0.4, -0.2) is 28.9 Å². The van der Waals surface area contributed by atoms with Crippen molar-refractivity contribution in [1.82, 2.24) is 4.98 Å². The molecule has 2 rings (SSSR count). The average Bonchev–Trinajstić information content (AvgIpc) is 2.44. The van der Waals surface area contributed by atoms with E-state index < -0.39 is 23.9 Å². The summed E-state index contributed by atoms with van der Waals surface area (Å²) in [5, 5.41) is 14.4. The van der Waals surface area contributed by atoms with Gasteiger partial charge in [0.1, 0.15) is 0 Å². The minimum Gasteiger partial charge on any atom is -0.378 e. The smallest absolute Gasteiger partial charge is 0.278 e. The van der Waals surface area contributed by atoms with E-state index in [9.17, 15) is 18.9 Å². The third-order valence-corrected chi connectivity index (χ3v) is 3.05. The molecule has 21 heavy (non-hydrogen) atoms. The topological polar surface area (TPSA) is 94.1 Å². The van der Waals surface area contributed by atoms with Gasteiger partial charge in [0, 0.05) is 29.0 Å². The number of anilines is 1. The van der Waals surface area contributed by atoms with Gasteiger partial charge in [-0.15, -0.1) is 0 Å². The molecule has 0 saturated heterocycles. The largest absolute Gasteiger partial charge is 0.378 e. The van der Waals surface area contributed by atoms with Gasteiger partial charge in [0.15, 0.2) is 0 Å². The van der Waals surface area contributed by atoms with Gasteiger partial charge >= 0.3 is 0 Å². The van der Waals surface area contributed by atoms with Crippen molar-refractivity contribution in [3.63, 3.8) is 0 Å². The highest BCUT2D eigenvalue weighted by molar-refractivity contribution is 5.99. The molecule has 6 nitrogen and oxygen atoms in total. The van der Waals surface area contributed by atoms with Gasteiger partial charge in [-0.3, -0.25) is 15.1 Å². The summed E-state index contributed by atoms with van der Waals surface area (Å²) in [6, 6.07) is 4.29. The van der Waals surface area contributed by atoms with E-state index in [1.807, 2.05) is 0 Å². The van der Waals surface area contributed by atoms with Crippen LogP contribution in [0.4, 0.5) is 20.2 Å². The molecule has 0 unspecified atom stereocenters. The van der Waals surface area contributed by atoms with Gasteiger partial charge in [-0.25, -0.2) is 8.78 Å². The molecule has 0 fully saturated rings. The zero-order valence-corrected chi connectivity index (χ0v) is 11.3. The number of pyridine rings is 1. The van der Waals surface area contributed by atoms with Gasteiger partial charge in [0.25, 0.3) is 11.6 Å². The fraction of sp³-hybridized carbons (Fsp3) is 0.308. The third-order valence-electron chi connectivity index (χ3n) is 3.05. The number of nitrogens with one attached hydrogen (secondary N) is 1. The lowest BCUT2D eigenvalue weighted by Gasteiger charge is -2.16. The molecule has 0 saturated carbocycles. The molecular formula is C13H14F2N4O2. The normalized spacial score (nSPS) is 11.6. The van der Waals surface area contributed by atoms with Crippen LogP contribution in [0.1, 0.15) is 5.69 Å². The lowest BCUT2D eigenvalue weighted by Crippen LogP contribution is -2.35. The number of halogens is 2. The lowest BCUT2D eigenvalue weighted by atomic mass is 10.1. The van der Waals surface area contributed by atoms with E-state index in [2.05, 4.69) is 10.3 Å². The maximum atomic E-state index is 13.2. The zero-order chi connectivity index (χ0) is 15.6. The second kappa shape index (κ2) is 5.57. The summed E-state index contributed by atoms with van der Waals surface area (Å²) in [5.74, 6) is -3.05. The highest BCUT2D eigenvalue weighted by Crippen LogP contribution is 2.31. The first kappa shape index (κ1) is 15.0. The Labute approximate surface area is 119 Å². The van der Waals surface area contributed by atoms with Crippen LogP contribution in [0.15, 0.2) is 24.4 Å². The Morgan fingerprint density at radius 2 is 2.14 bits per heavy atom. The molecule has 0 amide bonds. The number of nitro groups is 1. The first-order valence-electron chi connectivity index (χ1n) is 6.19. The molecule has 0 radical (unpaired) electrons. The number of non-ortho nitro benzene ring substituents is 1. The predicted octanol–water partition coefficient (Wildman–Crippen LogP) is 2.46. The highest BCUT2D eigenvalue weighted by atomic mass is 19.3. The number of hydrogen-bond donors (Lipinski definition) is 2. The summed E-state index contributed by atoms with van der Waals surface area (Å²) >= 11 is 0. The SMILES string of the molecule is Cc1cc2c(NCC(F)(F)CN)ccc([N+](=O)[O-])c2cn1. The summed E-state index contributed by atoms with van der Waals surface area (Å²) in [5.41, 5.74) is 5.88. The van der Waals surface area contributed by atoms with E-state index in [4.69, 9.17) is 5.73 Å². The molecule has 1 aromatic heterocycles. The van der Waals surface area contributed by atoms with Gasteiger partial charge in [0.05, 0.1) is 23.4 Å². The van der Waals surface area contributed by atoms with E-state index >= 15 is 0 Å². The first-order valence-corrected chi connectivity index (χ1v) is 6.19. The van der Waals surface area contributed by atoms with E-state index in [-0.39, 0.29) is 5.69 Å². The van der Waals surface area contributed by atoms with Crippen LogP contribution in [0.3, 0.4) is 0 Å². The molecule has 8 heteroatoms. The van der Waals surface area contributed by atoms with Crippen LogP contribution in [0.25, 0.3) is 10.8 Å². The Hall–Kier alpha value is -2.35. The maximum absolute atomic E-state index is 13.2. The van der Waals surface area contributed by atoms with Gasteiger partial charge in [-0.2, -0.15) is 0 Å². The summed E-state index contributed by atoms with van der Waals surface area (Å²) in [7, 11) is 0. The molecule has 1 aromatic carbocycles. The van der Waals surface area contributed by atoms with E-state index in [1.54, 1.807) is 13.0 Å². The quantitative estimate of drug-likeness (QED) is 0.653. The van der Waals surface area contributed by atoms with Crippen LogP contribution >= 0.6 is 0 Å². The first-order chi connectivity index (χ1) is 9.84. The van der Waals surface area contributed by atoms with Crippen LogP contribution in [0, 0.1) is 17.0 Å². The van der Waals surface area contributed by atoms with Crippen molar-refractivity contribution in [2.45, 2.75) is 12.8 Å². The Bertz CT molecular complexity index is 691. The fourth-order valence-corrected chi connectivity index (χ4v) is 1.94. The number of rotatable bonds is 5. The molecule has 0 aliphatic heterocycles. The molecule has 112 valence electrons. The molecule has 0 aliphatic carbocycles. The summed E-state index contributed by atoms with van der Waals surface area (Å²) in [6.07, 6.45) is 1.37. The van der Waals surface area contributed by atoms with Gasteiger partial charge in [-0.05, 0) is 19.1 Å². The Morgan fingerprint density at radius 3 is 2.76 bits per heavy atom. The average molecular weight is 296 g/mol. The minimum absolute atomic E-state index is 0.117. The fourth-order valence-electron chi connectivity index (χ4n) is 1.94. The summed E-state index contributed by atoms with van der Waals surface area (Å²) in [6.45, 7) is 0.305. The molecule has 2 aromatic rings. The lowest BCUT2D eigenvalue weighted by molar-refractivity contribution is -0.383. The Kier molecular flexibility index (Phi) is 3.99. The van der Waals surface area contributed by atoms with Crippen molar-refractivity contribution in [3.8, 4) is 0 Å². The predicted molar refractivity (Wildman–Crippen MR) is 75.6 cm³/mol. The summed E-state index contributed by atoms with van der Waals surface area (Å²) < 4.78 is 26.4. The third kappa shape index (κ3) is 3.22. The van der Waals surface area contributed by atoms with Crippen molar-refractivity contribution in [1.29, 1.82) is 0 Å². The maximum Gasteiger partial charge on any atom is 0.278 e. The number of benzene rings is 1. The number of fused-ring (bicyclic) bond motifs is 1. The minimum atomic E-state index is -3.05. The second-order valence-corrected chi connectivity index (χ2v) is 4.67. The van der Waals surface area contributed by atoms with E-state index in [1.165, 1.54) is 18.3 Å². The van der Waals surface area contributed by atoms with Gasteiger partial charge in [-0.1, -0.05) is 0 Å². The number of hydrogen-bond acceptors (Lipinski definition) is 5. The standard InChI is InChI=1S/C13H14F2N4O2/c1-8-4-9-10(5-17-8)12(19(20)21)3-2-11(9)18-7-13(14,15)6-16/h2-5,18H,6-7,16H2,1H3. The molecular weight excluding hydrogens is 282 g/mol. The van der Waals surface area contributed by atoms with Crippen LogP contribution in [-0.2, 0) is 0 Å². The number of nitrogens with zero attached hydrogens (tertiary/aromatic N) is 2. The molecule has 3 N–H and O–H groups in total. The number of aromatic nitrogens is 1. The number of alkyl halides is 2. The number of nitro benzene ring substituents is 1. The van der Waals surface area contributed by atoms with Crippen molar-refractivity contribution in [2.24, 2.45) is 5.73 Å². The van der Waals surface area contributed by atoms with E-state index in [0.29, 0.717) is 22.2 Å². The van der Waals surface area contributed by atoms with Crippen molar-refractivity contribution >= 4 is 22.1 Å². The molecule has 0 atom stereocenters. The van der Waals surface area contributed by atoms with Crippen LogP contribution < -0.4 is 11.1 Å². The number of nitrogens with two attached hydrogens (primary N) is 1. The van der Waals surface area contributed by atoms with Crippen molar-refractivity contribution < 1.29 is 13.7 Å². The van der Waals surface area contributed by atoms with Crippen molar-refractivity contribution in [3.05, 3.63) is 40.2 Å². The summed E-state index contributed by atoms with van der Waals surface area (Å²) in [4.78, 5) is 14.5. The van der Waals surface area contributed by atoms with Gasteiger partial charge in [0.2, 0.25) is 0 Å². The Morgan fingerprint density at radius 1 is 1.43 bits per heavy atom. The van der Waals surface area contributed by atoms with E-state index in [0.717, 1.165) is 0 Å². The van der Waals surface area contributed by atoms with Gasteiger partial charge < -0.3 is 11.1 Å². The zero-order valence-electron chi connectivity index (χ0n) is 11.3. The number of aryl methyl sites for hydroxylation is 1. The second-order valence-electron chi connectivity index (χ2n) is 4.67. The van der Waals surface area contributed by atoms with Crippen molar-refractivity contribution in [2.75, 3.05) is 18.4 Å². The monoisotopic (exact) mass is 296 g/mol. The highest BCUT2D eigenvalue weighted by Gasteiger charge is 2.26. The van der Waals surface area contributed by atoms with Crippen LogP contribution in [0.5, 0.6) is 0 Å². The molecule has 1 heterocycles. The molecule has 0 aliphatic rings. The van der Waals surface area contributed by atoms with Crippen LogP contribution in [0.2, 0.25) is 0 Å². The Balaban J connectivity index is 2.48. The molecule has 0 spiro atoms.